The standard InChI is InChI=1S/C12H14BrF2NOS/c13-6-7-16(8-11(14)15)12(17)9-18-10-4-2-1-3-5-10/h1-5,11H,6-9H2. The lowest BCUT2D eigenvalue weighted by Crippen LogP contribution is -2.37. The Morgan fingerprint density at radius 3 is 2.56 bits per heavy atom. The SMILES string of the molecule is O=C(CSc1ccccc1)N(CCBr)CC(F)F. The van der Waals surface area contributed by atoms with Crippen LogP contribution in [0, 0.1) is 0 Å². The van der Waals surface area contributed by atoms with E-state index < -0.39 is 13.0 Å². The Labute approximate surface area is 118 Å². The molecule has 0 saturated carbocycles. The van der Waals surface area contributed by atoms with Crippen molar-refractivity contribution in [1.82, 2.24) is 4.90 Å². The van der Waals surface area contributed by atoms with Crippen LogP contribution >= 0.6 is 27.7 Å². The topological polar surface area (TPSA) is 20.3 Å². The highest BCUT2D eigenvalue weighted by Crippen LogP contribution is 2.17. The third kappa shape index (κ3) is 5.82. The molecule has 0 atom stereocenters. The van der Waals surface area contributed by atoms with Gasteiger partial charge in [0.15, 0.2) is 0 Å². The molecule has 0 fully saturated rings. The van der Waals surface area contributed by atoms with Gasteiger partial charge in [0.1, 0.15) is 0 Å². The molecule has 100 valence electrons. The van der Waals surface area contributed by atoms with Crippen molar-refractivity contribution in [2.45, 2.75) is 11.3 Å². The Bertz CT molecular complexity index is 364. The van der Waals surface area contributed by atoms with E-state index in [0.29, 0.717) is 11.9 Å². The van der Waals surface area contributed by atoms with Crippen LogP contribution in [-0.4, -0.2) is 41.4 Å². The number of carbonyl (C=O) groups is 1. The Morgan fingerprint density at radius 1 is 1.33 bits per heavy atom. The van der Waals surface area contributed by atoms with Gasteiger partial charge in [-0.25, -0.2) is 8.78 Å². The van der Waals surface area contributed by atoms with Gasteiger partial charge in [-0.1, -0.05) is 34.1 Å². The third-order valence-electron chi connectivity index (χ3n) is 2.17. The quantitative estimate of drug-likeness (QED) is 0.562. The van der Waals surface area contributed by atoms with Gasteiger partial charge in [0.2, 0.25) is 5.91 Å². The molecule has 1 aromatic carbocycles. The molecule has 0 heterocycles. The molecule has 0 aromatic heterocycles. The smallest absolute Gasteiger partial charge is 0.255 e. The molecule has 0 radical (unpaired) electrons. The van der Waals surface area contributed by atoms with Crippen molar-refractivity contribution in [3.05, 3.63) is 30.3 Å². The van der Waals surface area contributed by atoms with E-state index in [1.165, 1.54) is 16.7 Å². The fourth-order valence-corrected chi connectivity index (χ4v) is 2.59. The summed E-state index contributed by atoms with van der Waals surface area (Å²) in [6.07, 6.45) is -2.49. The van der Waals surface area contributed by atoms with E-state index in [1.54, 1.807) is 0 Å². The highest BCUT2D eigenvalue weighted by atomic mass is 79.9. The van der Waals surface area contributed by atoms with E-state index in [1.807, 2.05) is 30.3 Å². The van der Waals surface area contributed by atoms with Gasteiger partial charge in [0, 0.05) is 16.8 Å². The first-order valence-electron chi connectivity index (χ1n) is 5.43. The van der Waals surface area contributed by atoms with Crippen LogP contribution in [0.15, 0.2) is 35.2 Å². The number of carbonyl (C=O) groups excluding carboxylic acids is 1. The first-order valence-corrected chi connectivity index (χ1v) is 7.54. The monoisotopic (exact) mass is 337 g/mol. The molecular formula is C12H14BrF2NOS. The lowest BCUT2D eigenvalue weighted by molar-refractivity contribution is -0.129. The Kier molecular flexibility index (Phi) is 7.27. The molecule has 0 aliphatic heterocycles. The molecule has 6 heteroatoms. The normalized spacial score (nSPS) is 10.7. The highest BCUT2D eigenvalue weighted by Gasteiger charge is 2.17. The van der Waals surface area contributed by atoms with Gasteiger partial charge >= 0.3 is 0 Å². The van der Waals surface area contributed by atoms with Crippen LogP contribution in [0.25, 0.3) is 0 Å². The summed E-state index contributed by atoms with van der Waals surface area (Å²) in [6, 6.07) is 9.42. The number of amides is 1. The zero-order valence-electron chi connectivity index (χ0n) is 9.69. The summed E-state index contributed by atoms with van der Waals surface area (Å²) in [5.74, 6) is -0.0763. The molecule has 1 aromatic rings. The van der Waals surface area contributed by atoms with E-state index >= 15 is 0 Å². The Hall–Kier alpha value is -0.620. The highest BCUT2D eigenvalue weighted by molar-refractivity contribution is 9.09. The second-order valence-corrected chi connectivity index (χ2v) is 5.36. The molecule has 0 saturated heterocycles. The maximum absolute atomic E-state index is 12.3. The molecule has 0 aliphatic carbocycles. The molecule has 18 heavy (non-hydrogen) atoms. The number of alkyl halides is 3. The predicted octanol–water partition coefficient (Wildman–Crippen LogP) is 3.27. The number of thioether (sulfide) groups is 1. The van der Waals surface area contributed by atoms with Gasteiger partial charge in [0.25, 0.3) is 6.43 Å². The summed E-state index contributed by atoms with van der Waals surface area (Å²) >= 11 is 4.52. The minimum Gasteiger partial charge on any atom is -0.335 e. The first-order chi connectivity index (χ1) is 8.63. The Morgan fingerprint density at radius 2 is 2.00 bits per heavy atom. The van der Waals surface area contributed by atoms with Crippen molar-refractivity contribution in [3.8, 4) is 0 Å². The van der Waals surface area contributed by atoms with Crippen molar-refractivity contribution in [3.63, 3.8) is 0 Å². The fraction of sp³-hybridized carbons (Fsp3) is 0.417. The summed E-state index contributed by atoms with van der Waals surface area (Å²) in [4.78, 5) is 13.9. The minimum absolute atomic E-state index is 0.184. The summed E-state index contributed by atoms with van der Waals surface area (Å²) in [5.41, 5.74) is 0. The Balaban J connectivity index is 2.46. The molecule has 0 spiro atoms. The van der Waals surface area contributed by atoms with Gasteiger partial charge in [-0.2, -0.15) is 0 Å². The van der Waals surface area contributed by atoms with E-state index in [0.717, 1.165) is 4.90 Å². The molecule has 0 bridgehead atoms. The summed E-state index contributed by atoms with van der Waals surface area (Å²) < 4.78 is 24.6. The zero-order valence-corrected chi connectivity index (χ0v) is 12.1. The number of hydrogen-bond donors (Lipinski definition) is 0. The number of hydrogen-bond acceptors (Lipinski definition) is 2. The molecule has 0 unspecified atom stereocenters. The molecule has 0 aliphatic rings. The zero-order chi connectivity index (χ0) is 13.4. The maximum Gasteiger partial charge on any atom is 0.255 e. The van der Waals surface area contributed by atoms with E-state index in [4.69, 9.17) is 0 Å². The second-order valence-electron chi connectivity index (χ2n) is 3.52. The molecule has 1 rings (SSSR count). The number of halogens is 3. The van der Waals surface area contributed by atoms with E-state index in [-0.39, 0.29) is 11.7 Å². The number of benzene rings is 1. The summed E-state index contributed by atoms with van der Waals surface area (Å²) in [7, 11) is 0. The third-order valence-corrected chi connectivity index (χ3v) is 3.52. The molecule has 0 N–H and O–H groups in total. The van der Waals surface area contributed by atoms with Gasteiger partial charge < -0.3 is 4.90 Å². The summed E-state index contributed by atoms with van der Waals surface area (Å²) in [6.45, 7) is -0.196. The van der Waals surface area contributed by atoms with Gasteiger partial charge in [0.05, 0.1) is 12.3 Å². The maximum atomic E-state index is 12.3. The molecule has 2 nitrogen and oxygen atoms in total. The molecular weight excluding hydrogens is 324 g/mol. The first kappa shape index (κ1) is 15.4. The van der Waals surface area contributed by atoms with Crippen molar-refractivity contribution in [2.75, 3.05) is 24.2 Å². The average Bonchev–Trinajstić information content (AvgIpc) is 2.36. The lowest BCUT2D eigenvalue weighted by Gasteiger charge is -2.21. The lowest BCUT2D eigenvalue weighted by atomic mass is 10.4. The van der Waals surface area contributed by atoms with Crippen LogP contribution in [0.3, 0.4) is 0 Å². The van der Waals surface area contributed by atoms with Crippen molar-refractivity contribution in [2.24, 2.45) is 0 Å². The molecule has 1 amide bonds. The van der Waals surface area contributed by atoms with Crippen LogP contribution in [0.4, 0.5) is 8.78 Å². The van der Waals surface area contributed by atoms with Crippen molar-refractivity contribution in [1.29, 1.82) is 0 Å². The average molecular weight is 338 g/mol. The van der Waals surface area contributed by atoms with Gasteiger partial charge in [-0.15, -0.1) is 11.8 Å². The second kappa shape index (κ2) is 8.48. The largest absolute Gasteiger partial charge is 0.335 e. The number of rotatable bonds is 7. The predicted molar refractivity (Wildman–Crippen MR) is 73.5 cm³/mol. The summed E-state index contributed by atoms with van der Waals surface area (Å²) in [5, 5.41) is 0.501. The van der Waals surface area contributed by atoms with Crippen LogP contribution in [-0.2, 0) is 4.79 Å². The van der Waals surface area contributed by atoms with Crippen molar-refractivity contribution >= 4 is 33.6 Å². The van der Waals surface area contributed by atoms with Crippen LogP contribution in [0.1, 0.15) is 0 Å². The van der Waals surface area contributed by atoms with Crippen LogP contribution < -0.4 is 0 Å². The van der Waals surface area contributed by atoms with E-state index in [9.17, 15) is 13.6 Å². The van der Waals surface area contributed by atoms with Crippen LogP contribution in [0.5, 0.6) is 0 Å². The number of nitrogens with zero attached hydrogens (tertiary/aromatic N) is 1. The van der Waals surface area contributed by atoms with Gasteiger partial charge in [-0.3, -0.25) is 4.79 Å². The van der Waals surface area contributed by atoms with Gasteiger partial charge in [-0.05, 0) is 12.1 Å². The van der Waals surface area contributed by atoms with Crippen LogP contribution in [0.2, 0.25) is 0 Å². The minimum atomic E-state index is -2.49. The fourth-order valence-electron chi connectivity index (χ4n) is 1.34. The van der Waals surface area contributed by atoms with Crippen molar-refractivity contribution < 1.29 is 13.6 Å². The van der Waals surface area contributed by atoms with E-state index in [2.05, 4.69) is 15.9 Å².